The van der Waals surface area contributed by atoms with E-state index in [0.29, 0.717) is 27.5 Å². The number of halogens is 1. The van der Waals surface area contributed by atoms with Gasteiger partial charge in [-0.3, -0.25) is 10.1 Å². The minimum atomic E-state index is -0.433. The fourth-order valence-electron chi connectivity index (χ4n) is 3.70. The molecule has 31 heavy (non-hydrogen) atoms. The molecule has 3 aromatic rings. The molecule has 0 spiro atoms. The van der Waals surface area contributed by atoms with E-state index in [2.05, 4.69) is 39.9 Å². The second kappa shape index (κ2) is 9.94. The van der Waals surface area contributed by atoms with Gasteiger partial charge in [-0.1, -0.05) is 48.0 Å². The van der Waals surface area contributed by atoms with Crippen molar-refractivity contribution in [2.24, 2.45) is 5.92 Å². The minimum Gasteiger partial charge on any atom is -0.337 e. The number of rotatable bonds is 5. The number of carbonyl (C=O) groups excluding carboxylic acids is 2. The van der Waals surface area contributed by atoms with Gasteiger partial charge in [0.05, 0.1) is 0 Å². The molecule has 0 saturated carbocycles. The molecular weight excluding hydrogens is 432 g/mol. The minimum absolute atomic E-state index is 0.0855. The highest BCUT2D eigenvalue weighted by atomic mass is 35.5. The lowest BCUT2D eigenvalue weighted by atomic mass is 9.90. The number of amides is 3. The summed E-state index contributed by atoms with van der Waals surface area (Å²) >= 11 is 7.16. The largest absolute Gasteiger partial charge is 0.337 e. The van der Waals surface area contributed by atoms with Crippen LogP contribution in [0, 0.1) is 5.92 Å². The monoisotopic (exact) mass is 454 g/mol. The van der Waals surface area contributed by atoms with E-state index in [0.717, 1.165) is 32.4 Å². The lowest BCUT2D eigenvalue weighted by Gasteiger charge is -2.31. The summed E-state index contributed by atoms with van der Waals surface area (Å²) in [5.74, 6) is 0.506. The zero-order valence-corrected chi connectivity index (χ0v) is 18.5. The summed E-state index contributed by atoms with van der Waals surface area (Å²) < 4.78 is 0. The van der Waals surface area contributed by atoms with Gasteiger partial charge < -0.3 is 10.2 Å². The molecule has 1 saturated heterocycles. The van der Waals surface area contributed by atoms with Crippen LogP contribution >= 0.6 is 22.9 Å². The predicted octanol–water partition coefficient (Wildman–Crippen LogP) is 5.54. The molecule has 1 aliphatic heterocycles. The van der Waals surface area contributed by atoms with Crippen molar-refractivity contribution in [3.05, 3.63) is 76.3 Å². The Bertz CT molecular complexity index is 1050. The van der Waals surface area contributed by atoms with Crippen LogP contribution < -0.4 is 10.6 Å². The van der Waals surface area contributed by atoms with Crippen LogP contribution in [-0.2, 0) is 6.42 Å². The normalized spacial score (nSPS) is 14.3. The summed E-state index contributed by atoms with van der Waals surface area (Å²) in [5, 5.41) is 7.96. The van der Waals surface area contributed by atoms with Gasteiger partial charge in [0.2, 0.25) is 0 Å². The molecule has 160 valence electrons. The topological polar surface area (TPSA) is 74.3 Å². The third-order valence-corrected chi connectivity index (χ3v) is 6.29. The first-order valence-electron chi connectivity index (χ1n) is 10.2. The van der Waals surface area contributed by atoms with Gasteiger partial charge in [-0.2, -0.15) is 0 Å². The second-order valence-corrected chi connectivity index (χ2v) is 8.85. The van der Waals surface area contributed by atoms with Crippen LogP contribution in [0.2, 0.25) is 5.02 Å². The predicted molar refractivity (Wildman–Crippen MR) is 125 cm³/mol. The van der Waals surface area contributed by atoms with E-state index in [4.69, 9.17) is 11.6 Å². The maximum Gasteiger partial charge on any atom is 0.325 e. The number of thiazole rings is 1. The first kappa shape index (κ1) is 21.3. The second-order valence-electron chi connectivity index (χ2n) is 7.55. The van der Waals surface area contributed by atoms with Crippen molar-refractivity contribution < 1.29 is 9.59 Å². The Balaban J connectivity index is 1.28. The molecular formula is C23H23ClN4O2S. The maximum absolute atomic E-state index is 12.8. The number of nitrogens with zero attached hydrogens (tertiary/aromatic N) is 2. The Hall–Kier alpha value is -2.90. The van der Waals surface area contributed by atoms with E-state index in [1.807, 2.05) is 11.0 Å². The lowest BCUT2D eigenvalue weighted by molar-refractivity contribution is 0.0685. The Morgan fingerprint density at radius 2 is 1.84 bits per heavy atom. The van der Waals surface area contributed by atoms with Crippen molar-refractivity contribution >= 4 is 45.7 Å². The molecule has 1 aliphatic rings. The Kier molecular flexibility index (Phi) is 6.84. The number of urea groups is 1. The number of nitrogens with one attached hydrogen (secondary N) is 2. The van der Waals surface area contributed by atoms with Crippen molar-refractivity contribution in [2.75, 3.05) is 23.7 Å². The van der Waals surface area contributed by atoms with E-state index in [9.17, 15) is 9.59 Å². The molecule has 1 fully saturated rings. The molecule has 2 heterocycles. The van der Waals surface area contributed by atoms with Crippen LogP contribution in [0.25, 0.3) is 0 Å². The first-order valence-corrected chi connectivity index (χ1v) is 11.4. The average molecular weight is 455 g/mol. The van der Waals surface area contributed by atoms with Gasteiger partial charge in [0.25, 0.3) is 5.91 Å². The number of likely N-dealkylation sites (tertiary alicyclic amines) is 1. The third kappa shape index (κ3) is 5.83. The smallest absolute Gasteiger partial charge is 0.325 e. The molecule has 2 N–H and O–H groups in total. The first-order chi connectivity index (χ1) is 15.1. The number of benzene rings is 2. The summed E-state index contributed by atoms with van der Waals surface area (Å²) in [6.07, 6.45) is 3.02. The summed E-state index contributed by atoms with van der Waals surface area (Å²) in [5.41, 5.74) is 2.29. The van der Waals surface area contributed by atoms with E-state index >= 15 is 0 Å². The molecule has 0 atom stereocenters. The fourth-order valence-corrected chi connectivity index (χ4v) is 4.57. The van der Waals surface area contributed by atoms with Gasteiger partial charge in [-0.25, -0.2) is 9.78 Å². The van der Waals surface area contributed by atoms with Crippen molar-refractivity contribution in [1.82, 2.24) is 9.88 Å². The molecule has 0 bridgehead atoms. The van der Waals surface area contributed by atoms with Crippen molar-refractivity contribution in [2.45, 2.75) is 19.3 Å². The van der Waals surface area contributed by atoms with Crippen LogP contribution in [0.4, 0.5) is 15.6 Å². The van der Waals surface area contributed by atoms with Crippen molar-refractivity contribution in [3.63, 3.8) is 0 Å². The molecule has 0 aliphatic carbocycles. The highest BCUT2D eigenvalue weighted by Crippen LogP contribution is 2.24. The van der Waals surface area contributed by atoms with Crippen LogP contribution in [0.3, 0.4) is 0 Å². The molecule has 4 rings (SSSR count). The van der Waals surface area contributed by atoms with Gasteiger partial charge in [0.15, 0.2) is 5.13 Å². The third-order valence-electron chi connectivity index (χ3n) is 5.30. The Labute approximate surface area is 190 Å². The van der Waals surface area contributed by atoms with Crippen LogP contribution in [0.1, 0.15) is 28.9 Å². The van der Waals surface area contributed by atoms with E-state index in [1.165, 1.54) is 16.9 Å². The highest BCUT2D eigenvalue weighted by molar-refractivity contribution is 7.14. The lowest BCUT2D eigenvalue weighted by Crippen LogP contribution is -2.39. The maximum atomic E-state index is 12.8. The molecule has 6 nitrogen and oxygen atoms in total. The number of carbonyl (C=O) groups is 2. The SMILES string of the molecule is O=C(Nc1cccc(Cl)c1)Nc1nc(C(=O)N2CCC(Cc3ccccc3)CC2)cs1. The van der Waals surface area contributed by atoms with Gasteiger partial charge in [0, 0.05) is 29.2 Å². The van der Waals surface area contributed by atoms with Gasteiger partial charge in [0.1, 0.15) is 5.69 Å². The van der Waals surface area contributed by atoms with Gasteiger partial charge >= 0.3 is 6.03 Å². The van der Waals surface area contributed by atoms with Crippen LogP contribution in [-0.4, -0.2) is 34.9 Å². The summed E-state index contributed by atoms with van der Waals surface area (Å²) in [6, 6.07) is 16.9. The van der Waals surface area contributed by atoms with Crippen molar-refractivity contribution in [1.29, 1.82) is 0 Å². The highest BCUT2D eigenvalue weighted by Gasteiger charge is 2.25. The zero-order valence-electron chi connectivity index (χ0n) is 16.9. The molecule has 0 radical (unpaired) electrons. The van der Waals surface area contributed by atoms with Gasteiger partial charge in [-0.05, 0) is 48.9 Å². The number of hydrogen-bond donors (Lipinski definition) is 2. The van der Waals surface area contributed by atoms with E-state index in [1.54, 1.807) is 29.6 Å². The number of hydrogen-bond acceptors (Lipinski definition) is 4. The van der Waals surface area contributed by atoms with Crippen LogP contribution in [0.5, 0.6) is 0 Å². The van der Waals surface area contributed by atoms with Crippen LogP contribution in [0.15, 0.2) is 60.0 Å². The summed E-state index contributed by atoms with van der Waals surface area (Å²) in [7, 11) is 0. The summed E-state index contributed by atoms with van der Waals surface area (Å²) in [6.45, 7) is 1.46. The summed E-state index contributed by atoms with van der Waals surface area (Å²) in [4.78, 5) is 31.1. The molecule has 8 heteroatoms. The fraction of sp³-hybridized carbons (Fsp3) is 0.261. The molecule has 2 aromatic carbocycles. The molecule has 0 unspecified atom stereocenters. The molecule has 3 amide bonds. The van der Waals surface area contributed by atoms with E-state index in [-0.39, 0.29) is 5.91 Å². The van der Waals surface area contributed by atoms with Crippen molar-refractivity contribution in [3.8, 4) is 0 Å². The Morgan fingerprint density at radius 3 is 2.58 bits per heavy atom. The molecule has 1 aromatic heterocycles. The van der Waals surface area contributed by atoms with Gasteiger partial charge in [-0.15, -0.1) is 11.3 Å². The quantitative estimate of drug-likeness (QED) is 0.531. The number of aromatic nitrogens is 1. The van der Waals surface area contributed by atoms with E-state index < -0.39 is 6.03 Å². The Morgan fingerprint density at radius 1 is 1.06 bits per heavy atom. The average Bonchev–Trinajstić information content (AvgIpc) is 3.23. The zero-order chi connectivity index (χ0) is 21.6. The number of anilines is 2. The number of piperidine rings is 1. The standard InChI is InChI=1S/C23H23ClN4O2S/c24-18-7-4-8-19(14-18)25-22(30)27-23-26-20(15-31-23)21(29)28-11-9-17(10-12-28)13-16-5-2-1-3-6-16/h1-8,14-15,17H,9-13H2,(H2,25,26,27,30).